The minimum atomic E-state index is -0.795. The number of hydrogen-bond donors (Lipinski definition) is 0. The van der Waals surface area contributed by atoms with Crippen molar-refractivity contribution < 1.29 is 28.6 Å². The van der Waals surface area contributed by atoms with E-state index in [2.05, 4.69) is 142 Å². The van der Waals surface area contributed by atoms with Crippen LogP contribution in [0.2, 0.25) is 0 Å². The van der Waals surface area contributed by atoms with E-state index in [1.165, 1.54) is 148 Å². The molecule has 6 heteroatoms. The molecule has 0 radical (unpaired) electrons. The first-order chi connectivity index (χ1) is 40.5. The van der Waals surface area contributed by atoms with E-state index in [0.717, 1.165) is 135 Å². The average Bonchev–Trinajstić information content (AvgIpc) is 3.47. The van der Waals surface area contributed by atoms with Crippen LogP contribution in [0.25, 0.3) is 0 Å². The minimum Gasteiger partial charge on any atom is -0.462 e. The van der Waals surface area contributed by atoms with Gasteiger partial charge in [0, 0.05) is 19.3 Å². The van der Waals surface area contributed by atoms with Crippen LogP contribution in [0.5, 0.6) is 0 Å². The molecular formula is C76H128O6. The summed E-state index contributed by atoms with van der Waals surface area (Å²) < 4.78 is 17.0. The lowest BCUT2D eigenvalue weighted by Gasteiger charge is -2.18. The molecule has 0 aromatic carbocycles. The summed E-state index contributed by atoms with van der Waals surface area (Å²) in [7, 11) is 0. The monoisotopic (exact) mass is 1140 g/mol. The fraction of sp³-hybridized carbons (Fsp3) is 0.697. The Morgan fingerprint density at radius 3 is 0.756 bits per heavy atom. The molecule has 1 unspecified atom stereocenters. The van der Waals surface area contributed by atoms with Crippen molar-refractivity contribution in [3.05, 3.63) is 122 Å². The molecule has 468 valence electrons. The predicted molar refractivity (Wildman–Crippen MR) is 357 cm³/mol. The van der Waals surface area contributed by atoms with E-state index in [4.69, 9.17) is 14.2 Å². The van der Waals surface area contributed by atoms with Crippen LogP contribution < -0.4 is 0 Å². The molecule has 6 nitrogen and oxygen atoms in total. The van der Waals surface area contributed by atoms with E-state index >= 15 is 0 Å². The van der Waals surface area contributed by atoms with Crippen LogP contribution >= 0.6 is 0 Å². The van der Waals surface area contributed by atoms with Crippen molar-refractivity contribution in [2.75, 3.05) is 13.2 Å². The highest BCUT2D eigenvalue weighted by Crippen LogP contribution is 2.16. The van der Waals surface area contributed by atoms with E-state index in [0.29, 0.717) is 19.3 Å². The van der Waals surface area contributed by atoms with Gasteiger partial charge in [0.15, 0.2) is 6.10 Å². The third-order valence-electron chi connectivity index (χ3n) is 14.7. The maximum atomic E-state index is 13.0. The van der Waals surface area contributed by atoms with Gasteiger partial charge in [-0.15, -0.1) is 0 Å². The van der Waals surface area contributed by atoms with Crippen LogP contribution in [0.3, 0.4) is 0 Å². The van der Waals surface area contributed by atoms with Gasteiger partial charge in [0.25, 0.3) is 0 Å². The third kappa shape index (κ3) is 66.6. The number of carbonyl (C=O) groups is 3. The fourth-order valence-corrected chi connectivity index (χ4v) is 9.51. The second-order valence-corrected chi connectivity index (χ2v) is 22.7. The first-order valence-corrected chi connectivity index (χ1v) is 34.5. The molecule has 0 fully saturated rings. The van der Waals surface area contributed by atoms with Gasteiger partial charge < -0.3 is 14.2 Å². The van der Waals surface area contributed by atoms with E-state index in [1.54, 1.807) is 0 Å². The van der Waals surface area contributed by atoms with Crippen molar-refractivity contribution in [1.29, 1.82) is 0 Å². The minimum absolute atomic E-state index is 0.0901. The second-order valence-electron chi connectivity index (χ2n) is 22.7. The summed E-state index contributed by atoms with van der Waals surface area (Å²) in [6.45, 7) is 6.50. The molecule has 0 heterocycles. The molecule has 0 aromatic heterocycles. The van der Waals surface area contributed by atoms with Crippen LogP contribution in [-0.4, -0.2) is 37.2 Å². The quantitative estimate of drug-likeness (QED) is 0.0261. The molecule has 0 rings (SSSR count). The summed E-state index contributed by atoms with van der Waals surface area (Å²) in [5.41, 5.74) is 0. The van der Waals surface area contributed by atoms with E-state index in [1.807, 2.05) is 0 Å². The molecule has 0 aliphatic rings. The van der Waals surface area contributed by atoms with E-state index in [9.17, 15) is 14.4 Å². The summed E-state index contributed by atoms with van der Waals surface area (Å²) in [5, 5.41) is 0. The first kappa shape index (κ1) is 77.8. The van der Waals surface area contributed by atoms with Crippen molar-refractivity contribution in [3.8, 4) is 0 Å². The van der Waals surface area contributed by atoms with Crippen molar-refractivity contribution in [3.63, 3.8) is 0 Å². The van der Waals surface area contributed by atoms with Gasteiger partial charge in [-0.3, -0.25) is 14.4 Å². The van der Waals surface area contributed by atoms with Gasteiger partial charge in [-0.05, 0) is 135 Å². The van der Waals surface area contributed by atoms with Crippen molar-refractivity contribution >= 4 is 17.9 Å². The highest BCUT2D eigenvalue weighted by atomic mass is 16.6. The Kier molecular flexibility index (Phi) is 65.8. The van der Waals surface area contributed by atoms with Crippen LogP contribution in [0.1, 0.15) is 323 Å². The van der Waals surface area contributed by atoms with Crippen molar-refractivity contribution in [2.24, 2.45) is 0 Å². The molecule has 0 aliphatic carbocycles. The molecule has 1 atom stereocenters. The summed E-state index contributed by atoms with van der Waals surface area (Å²) in [4.78, 5) is 38.5. The number of carbonyl (C=O) groups excluding carboxylic acids is 3. The maximum absolute atomic E-state index is 13.0. The van der Waals surface area contributed by atoms with E-state index in [-0.39, 0.29) is 31.1 Å². The topological polar surface area (TPSA) is 78.9 Å². The molecular weight excluding hydrogens is 1010 g/mol. The predicted octanol–water partition coefficient (Wildman–Crippen LogP) is 23.9. The number of allylic oxidation sites excluding steroid dienone is 20. The van der Waals surface area contributed by atoms with Crippen LogP contribution in [0.15, 0.2) is 122 Å². The van der Waals surface area contributed by atoms with Crippen LogP contribution in [0, 0.1) is 0 Å². The van der Waals surface area contributed by atoms with Crippen molar-refractivity contribution in [1.82, 2.24) is 0 Å². The Labute approximate surface area is 507 Å². The highest BCUT2D eigenvalue weighted by Gasteiger charge is 2.19. The Morgan fingerprint density at radius 2 is 0.476 bits per heavy atom. The fourth-order valence-electron chi connectivity index (χ4n) is 9.51. The smallest absolute Gasteiger partial charge is 0.306 e. The van der Waals surface area contributed by atoms with E-state index < -0.39 is 6.10 Å². The first-order valence-electron chi connectivity index (χ1n) is 34.5. The largest absolute Gasteiger partial charge is 0.462 e. The summed E-state index contributed by atoms with van der Waals surface area (Å²) in [5.74, 6) is -0.906. The van der Waals surface area contributed by atoms with Gasteiger partial charge >= 0.3 is 17.9 Å². The number of unbranched alkanes of at least 4 members (excludes halogenated alkanes) is 31. The molecule has 0 saturated heterocycles. The van der Waals surface area contributed by atoms with Gasteiger partial charge in [-0.2, -0.15) is 0 Å². The van der Waals surface area contributed by atoms with Crippen molar-refractivity contribution in [2.45, 2.75) is 329 Å². The zero-order valence-corrected chi connectivity index (χ0v) is 53.7. The molecule has 0 saturated carbocycles. The molecule has 82 heavy (non-hydrogen) atoms. The van der Waals surface area contributed by atoms with Gasteiger partial charge in [0.2, 0.25) is 0 Å². The molecule has 0 amide bonds. The summed E-state index contributed by atoms with van der Waals surface area (Å²) in [6.07, 6.45) is 96.3. The van der Waals surface area contributed by atoms with Gasteiger partial charge in [-0.1, -0.05) is 290 Å². The van der Waals surface area contributed by atoms with Crippen LogP contribution in [-0.2, 0) is 28.6 Å². The van der Waals surface area contributed by atoms with Gasteiger partial charge in [0.1, 0.15) is 13.2 Å². The number of hydrogen-bond acceptors (Lipinski definition) is 6. The Hall–Kier alpha value is -4.19. The van der Waals surface area contributed by atoms with Crippen LogP contribution in [0.4, 0.5) is 0 Å². The van der Waals surface area contributed by atoms with Gasteiger partial charge in [0.05, 0.1) is 0 Å². The summed E-state index contributed by atoms with van der Waals surface area (Å²) in [6, 6.07) is 0. The zero-order chi connectivity index (χ0) is 59.2. The lowest BCUT2D eigenvalue weighted by molar-refractivity contribution is -0.167. The summed E-state index contributed by atoms with van der Waals surface area (Å²) >= 11 is 0. The van der Waals surface area contributed by atoms with Gasteiger partial charge in [-0.25, -0.2) is 0 Å². The SMILES string of the molecule is CC/C=C\C/C=C\C/C=C\C/C=C\C/C=C\C/C=C\CCCCCCCCCCC(=O)OCC(COC(=O)CCCCCCC/C=C\C/C=C\CCCCCC)OC(=O)CCCCCCCCCCC/C=C\C/C=C\CCCCCCC. The second kappa shape index (κ2) is 69.3. The molecule has 0 bridgehead atoms. The Bertz CT molecular complexity index is 1690. The Balaban J connectivity index is 4.40. The number of rotatable bonds is 62. The molecule has 0 spiro atoms. The Morgan fingerprint density at radius 1 is 0.256 bits per heavy atom. The third-order valence-corrected chi connectivity index (χ3v) is 14.7. The molecule has 0 aliphatic heterocycles. The number of ether oxygens (including phenoxy) is 3. The number of esters is 3. The average molecular weight is 1140 g/mol. The maximum Gasteiger partial charge on any atom is 0.306 e. The zero-order valence-electron chi connectivity index (χ0n) is 53.7. The molecule has 0 aromatic rings. The normalized spacial score (nSPS) is 12.9. The highest BCUT2D eigenvalue weighted by molar-refractivity contribution is 5.71. The lowest BCUT2D eigenvalue weighted by Crippen LogP contribution is -2.30. The standard InChI is InChI=1S/C76H128O6/c1-4-7-10-13-16-19-22-25-28-31-33-35-36-37-38-39-40-42-43-45-48-51-54-57-60-63-66-69-75(78)81-72-73(71-80-74(77)68-65-62-59-56-53-50-47-30-27-24-21-18-15-12-9-6-3)82-76(79)70-67-64-61-58-55-52-49-46-44-41-34-32-29-26-23-20-17-14-11-8-5-2/h7,10,16,19,21,23-26,28,30,32-35,37-38,40,42,47,73H,4-6,8-9,11-15,17-18,20,22,27,29,31,36,39,41,43-46,48-72H2,1-3H3/b10-7-,19-16-,24-21-,26-23-,28-25-,34-32-,35-33-,38-37-,42-40-,47-30-. The lowest BCUT2D eigenvalue weighted by atomic mass is 10.1. The molecule has 0 N–H and O–H groups in total.